The van der Waals surface area contributed by atoms with Gasteiger partial charge in [0.2, 0.25) is 0 Å². The molecule has 15 nitrogen and oxygen atoms in total. The highest BCUT2D eigenvalue weighted by molar-refractivity contribution is 7.90. The molecule has 62 heavy (non-hydrogen) atoms. The van der Waals surface area contributed by atoms with E-state index in [1.165, 1.54) is 30.3 Å². The van der Waals surface area contributed by atoms with E-state index in [1.807, 2.05) is 42.0 Å². The Balaban J connectivity index is 0.915. The van der Waals surface area contributed by atoms with Crippen molar-refractivity contribution in [2.45, 2.75) is 55.6 Å². The number of allylic oxidation sites excluding steroid dienone is 1. The molecular weight excluding hydrogens is 809 g/mol. The minimum atomic E-state index is -4.32. The van der Waals surface area contributed by atoms with Crippen LogP contribution in [0.2, 0.25) is 0 Å². The molecule has 6 aliphatic rings. The van der Waals surface area contributed by atoms with Crippen molar-refractivity contribution >= 4 is 45.1 Å². The molecule has 0 spiro atoms. The predicted octanol–water partition coefficient (Wildman–Crippen LogP) is 3.10. The lowest BCUT2D eigenvalue weighted by atomic mass is 9.96. The van der Waals surface area contributed by atoms with Gasteiger partial charge in [0.15, 0.2) is 17.9 Å². The van der Waals surface area contributed by atoms with E-state index in [0.29, 0.717) is 30.5 Å². The quantitative estimate of drug-likeness (QED) is 0.0914. The third-order valence-corrected chi connectivity index (χ3v) is 14.1. The maximum absolute atomic E-state index is 14.1. The molecule has 0 aromatic heterocycles. The monoisotopic (exact) mass is 864 g/mol. The maximum atomic E-state index is 14.1. The Morgan fingerprint density at radius 2 is 1.81 bits per heavy atom. The van der Waals surface area contributed by atoms with Crippen molar-refractivity contribution in [2.75, 3.05) is 69.8 Å². The minimum absolute atomic E-state index is 0.0661. The van der Waals surface area contributed by atoms with E-state index in [4.69, 9.17) is 14.3 Å². The summed E-state index contributed by atoms with van der Waals surface area (Å²) >= 11 is 0. The highest BCUT2D eigenvalue weighted by Crippen LogP contribution is 2.34. The zero-order valence-corrected chi connectivity index (χ0v) is 36.1. The third kappa shape index (κ3) is 9.15. The SMILES string of the molecule is CO[NH2+]c1cc(S(=O)(=O)NC(=O)c2ccc(N3CCN(C[C@@H]4Cc5ccccc5C=[N+]4C(=O)C4CC4)CC3)cc2OC2=CNC3(C)NC=CC3=C2)ccc1NCC1CCOCC1. The Morgan fingerprint density at radius 3 is 2.60 bits per heavy atom. The molecule has 6 N–H and O–H groups in total. The number of sulfonamides is 1. The van der Waals surface area contributed by atoms with Crippen LogP contribution in [0, 0.1) is 11.8 Å². The van der Waals surface area contributed by atoms with Crippen molar-refractivity contribution < 1.29 is 42.4 Å². The number of piperazine rings is 1. The van der Waals surface area contributed by atoms with E-state index in [9.17, 15) is 18.0 Å². The molecule has 326 valence electrons. The highest BCUT2D eigenvalue weighted by atomic mass is 32.2. The Hall–Kier alpha value is -5.52. The number of carbonyl (C=O) groups is 2. The fourth-order valence-electron chi connectivity index (χ4n) is 8.85. The van der Waals surface area contributed by atoms with Crippen LogP contribution in [0.25, 0.3) is 0 Å². The van der Waals surface area contributed by atoms with Gasteiger partial charge in [-0.1, -0.05) is 18.2 Å². The van der Waals surface area contributed by atoms with Crippen molar-refractivity contribution in [3.05, 3.63) is 113 Å². The van der Waals surface area contributed by atoms with Gasteiger partial charge in [-0.15, -0.1) is 0 Å². The first kappa shape index (κ1) is 41.8. The summed E-state index contributed by atoms with van der Waals surface area (Å²) in [4.78, 5) is 37.4. The van der Waals surface area contributed by atoms with E-state index >= 15 is 0 Å². The van der Waals surface area contributed by atoms with Gasteiger partial charge in [-0.3, -0.25) is 9.69 Å². The van der Waals surface area contributed by atoms with E-state index in [-0.39, 0.29) is 34.1 Å². The summed E-state index contributed by atoms with van der Waals surface area (Å²) in [5.74, 6) is 0.672. The second kappa shape index (κ2) is 17.7. The molecule has 1 aliphatic carbocycles. The molecule has 5 aliphatic heterocycles. The van der Waals surface area contributed by atoms with Crippen molar-refractivity contribution in [3.8, 4) is 5.75 Å². The van der Waals surface area contributed by atoms with Gasteiger partial charge in [-0.2, -0.15) is 10.1 Å². The van der Waals surface area contributed by atoms with Gasteiger partial charge in [-0.05, 0) is 92.8 Å². The van der Waals surface area contributed by atoms with Crippen LogP contribution in [0.4, 0.5) is 17.1 Å². The van der Waals surface area contributed by atoms with E-state index in [0.717, 1.165) is 94.0 Å². The van der Waals surface area contributed by atoms with Crippen LogP contribution in [0.5, 0.6) is 5.75 Å². The maximum Gasteiger partial charge on any atom is 0.390 e. The zero-order chi connectivity index (χ0) is 42.8. The molecule has 3 aromatic carbocycles. The summed E-state index contributed by atoms with van der Waals surface area (Å²) < 4.78 is 43.9. The van der Waals surface area contributed by atoms with Crippen molar-refractivity contribution in [1.29, 1.82) is 0 Å². The Morgan fingerprint density at radius 1 is 1.00 bits per heavy atom. The van der Waals surface area contributed by atoms with Gasteiger partial charge in [0.1, 0.15) is 17.2 Å². The van der Waals surface area contributed by atoms with Crippen molar-refractivity contribution in [2.24, 2.45) is 11.8 Å². The summed E-state index contributed by atoms with van der Waals surface area (Å²) in [6.45, 7) is 7.96. The number of rotatable bonds is 14. The number of fused-ring (bicyclic) bond motifs is 2. The van der Waals surface area contributed by atoms with Crippen LogP contribution in [-0.4, -0.2) is 107 Å². The lowest BCUT2D eigenvalue weighted by molar-refractivity contribution is -0.829. The van der Waals surface area contributed by atoms with Crippen LogP contribution in [0.3, 0.4) is 0 Å². The third-order valence-electron chi connectivity index (χ3n) is 12.7. The second-order valence-electron chi connectivity index (χ2n) is 17.1. The highest BCUT2D eigenvalue weighted by Gasteiger charge is 2.43. The number of hydrogen-bond acceptors (Lipinski definition) is 12. The smallest absolute Gasteiger partial charge is 0.390 e. The first-order valence-electron chi connectivity index (χ1n) is 21.6. The molecule has 2 saturated heterocycles. The van der Waals surface area contributed by atoms with E-state index in [2.05, 4.69) is 54.9 Å². The lowest BCUT2D eigenvalue weighted by Gasteiger charge is -2.37. The number of nitrogens with one attached hydrogen (secondary N) is 4. The Bertz CT molecular complexity index is 2450. The van der Waals surface area contributed by atoms with E-state index < -0.39 is 21.6 Å². The van der Waals surface area contributed by atoms with Crippen LogP contribution in [0.1, 0.15) is 54.1 Å². The minimum Gasteiger partial charge on any atom is -0.455 e. The molecule has 2 atom stereocenters. The number of dihydropyridines is 1. The average molecular weight is 865 g/mol. The largest absolute Gasteiger partial charge is 0.455 e. The summed E-state index contributed by atoms with van der Waals surface area (Å²) in [6.07, 6.45) is 14.2. The fourth-order valence-corrected chi connectivity index (χ4v) is 9.85. The molecule has 1 saturated carbocycles. The number of carbonyl (C=O) groups excluding carboxylic acids is 2. The Labute approximate surface area is 362 Å². The molecular formula is C46H56N8O7S+2. The number of ether oxygens (including phenoxy) is 2. The standard InChI is InChI=1S/C46H54N8O7S/c1-46-35(13-16-48-46)24-38(28-49-46)61-43-25-36(53-19-17-52(18-20-53)30-37-23-33-5-3-4-6-34(33)29-54(37)45(56)32-7-8-32)9-11-40(43)44(55)51-62(57,58)39-10-12-41(42(26-39)50-59-2)47-27-31-14-21-60-22-15-31/h3-6,9-13,16,24-26,28-29,31-32,37,47-50H,7-8,14-15,17-23,27,30H2,1-2H3/p+2/t37-,46?/m0/s1. The lowest BCUT2D eigenvalue weighted by Crippen LogP contribution is -2.76. The molecule has 3 aromatic rings. The normalized spacial score (nSPS) is 22.6. The van der Waals surface area contributed by atoms with Crippen LogP contribution in [0.15, 0.2) is 101 Å². The van der Waals surface area contributed by atoms with Crippen LogP contribution in [-0.2, 0) is 30.8 Å². The topological polar surface area (TPSA) is 170 Å². The molecule has 0 bridgehead atoms. The molecule has 5 heterocycles. The van der Waals surface area contributed by atoms with Gasteiger partial charge < -0.3 is 30.3 Å². The van der Waals surface area contributed by atoms with E-state index in [1.54, 1.807) is 24.4 Å². The summed E-state index contributed by atoms with van der Waals surface area (Å²) in [6, 6.07) is 18.3. The number of anilines is 2. The predicted molar refractivity (Wildman–Crippen MR) is 235 cm³/mol. The van der Waals surface area contributed by atoms with Crippen LogP contribution < -0.4 is 35.8 Å². The van der Waals surface area contributed by atoms with Crippen molar-refractivity contribution in [3.63, 3.8) is 0 Å². The van der Waals surface area contributed by atoms with Gasteiger partial charge in [0, 0.05) is 87.5 Å². The van der Waals surface area contributed by atoms with Gasteiger partial charge in [-0.25, -0.2) is 22.8 Å². The van der Waals surface area contributed by atoms with Gasteiger partial charge in [0.25, 0.3) is 15.9 Å². The fraction of sp³-hybridized carbons (Fsp3) is 0.413. The van der Waals surface area contributed by atoms with Gasteiger partial charge in [0.05, 0.1) is 35.7 Å². The molecule has 2 amide bonds. The van der Waals surface area contributed by atoms with Gasteiger partial charge >= 0.3 is 5.91 Å². The van der Waals surface area contributed by atoms with Crippen LogP contribution >= 0.6 is 0 Å². The number of quaternary nitrogens is 1. The number of nitrogens with two attached hydrogens (primary N) is 1. The first-order valence-corrected chi connectivity index (χ1v) is 23.1. The summed E-state index contributed by atoms with van der Waals surface area (Å²) in [7, 11) is -2.82. The zero-order valence-electron chi connectivity index (χ0n) is 35.3. The average Bonchev–Trinajstić information content (AvgIpc) is 4.06. The number of nitrogens with zero attached hydrogens (tertiary/aromatic N) is 3. The molecule has 16 heteroatoms. The Kier molecular flexibility index (Phi) is 11.9. The molecule has 0 radical (unpaired) electrons. The molecule has 1 unspecified atom stereocenters. The summed E-state index contributed by atoms with van der Waals surface area (Å²) in [5, 5.41) is 10.1. The number of benzene rings is 3. The first-order chi connectivity index (χ1) is 30.0. The number of amides is 2. The molecule has 9 rings (SSSR count). The number of hydrogen-bond donors (Lipinski definition) is 5. The van der Waals surface area contributed by atoms with Crippen molar-refractivity contribution in [1.82, 2.24) is 20.3 Å². The molecule has 3 fully saturated rings. The summed E-state index contributed by atoms with van der Waals surface area (Å²) in [5.41, 5.74) is 6.51. The second-order valence-corrected chi connectivity index (χ2v) is 18.8.